The van der Waals surface area contributed by atoms with Crippen molar-refractivity contribution in [2.75, 3.05) is 0 Å². The zero-order valence-corrected chi connectivity index (χ0v) is 12.7. The molecule has 2 aliphatic rings. The van der Waals surface area contributed by atoms with Crippen LogP contribution in [0.25, 0.3) is 0 Å². The number of pyridine rings is 1. The summed E-state index contributed by atoms with van der Waals surface area (Å²) >= 11 is 0. The molecule has 3 rings (SSSR count). The Bertz CT molecular complexity index is 634. The molecule has 0 saturated heterocycles. The van der Waals surface area contributed by atoms with Crippen molar-refractivity contribution in [1.82, 2.24) is 4.98 Å². The van der Waals surface area contributed by atoms with Gasteiger partial charge in [0.05, 0.1) is 0 Å². The molecular formula is C19H22N2. The Kier molecular flexibility index (Phi) is 3.68. The average Bonchev–Trinajstić information content (AvgIpc) is 2.75. The standard InChI is InChI=1S/C19H22N2/c1-16-5-3-6-17(21-16)7-10-18-8-4-9-19(15-18,12-11-18)13-14-20-2/h3,5-6,13-14H,2,4,8-9,11-12,15H2,1H3/b14-13+. The smallest absolute Gasteiger partial charge is 0.113 e. The summed E-state index contributed by atoms with van der Waals surface area (Å²) in [4.78, 5) is 8.38. The number of aromatic nitrogens is 1. The third-order valence-corrected chi connectivity index (χ3v) is 5.00. The Morgan fingerprint density at radius 3 is 3.00 bits per heavy atom. The number of allylic oxidation sites excluding steroid dienone is 1. The van der Waals surface area contributed by atoms with Crippen LogP contribution in [0.15, 0.2) is 35.5 Å². The van der Waals surface area contributed by atoms with Crippen LogP contribution in [0.3, 0.4) is 0 Å². The summed E-state index contributed by atoms with van der Waals surface area (Å²) in [5.74, 6) is 6.90. The van der Waals surface area contributed by atoms with E-state index in [-0.39, 0.29) is 5.41 Å². The van der Waals surface area contributed by atoms with Gasteiger partial charge in [-0.3, -0.25) is 4.99 Å². The molecule has 2 fully saturated rings. The van der Waals surface area contributed by atoms with E-state index in [2.05, 4.69) is 34.6 Å². The molecule has 2 nitrogen and oxygen atoms in total. The number of hydrogen-bond donors (Lipinski definition) is 0. The number of aryl methyl sites for hydroxylation is 1. The van der Waals surface area contributed by atoms with E-state index < -0.39 is 0 Å². The average molecular weight is 278 g/mol. The fourth-order valence-corrected chi connectivity index (χ4v) is 3.96. The van der Waals surface area contributed by atoms with E-state index in [1.165, 1.54) is 38.5 Å². The van der Waals surface area contributed by atoms with E-state index in [4.69, 9.17) is 0 Å². The lowest BCUT2D eigenvalue weighted by atomic mass is 9.69. The van der Waals surface area contributed by atoms with E-state index in [0.29, 0.717) is 5.41 Å². The van der Waals surface area contributed by atoms with Crippen molar-refractivity contribution in [2.24, 2.45) is 15.8 Å². The van der Waals surface area contributed by atoms with Crippen molar-refractivity contribution in [3.63, 3.8) is 0 Å². The molecule has 21 heavy (non-hydrogen) atoms. The van der Waals surface area contributed by atoms with Gasteiger partial charge in [0.25, 0.3) is 0 Å². The van der Waals surface area contributed by atoms with Crippen LogP contribution in [0, 0.1) is 29.6 Å². The van der Waals surface area contributed by atoms with Gasteiger partial charge in [0.15, 0.2) is 0 Å². The number of fused-ring (bicyclic) bond motifs is 2. The Morgan fingerprint density at radius 2 is 2.19 bits per heavy atom. The second-order valence-corrected chi connectivity index (χ2v) is 6.59. The van der Waals surface area contributed by atoms with Crippen molar-refractivity contribution < 1.29 is 0 Å². The highest BCUT2D eigenvalue weighted by atomic mass is 14.7. The van der Waals surface area contributed by atoms with E-state index >= 15 is 0 Å². The molecule has 2 atom stereocenters. The quantitative estimate of drug-likeness (QED) is 0.585. The molecule has 2 aliphatic carbocycles. The Balaban J connectivity index is 1.83. The van der Waals surface area contributed by atoms with Gasteiger partial charge >= 0.3 is 0 Å². The highest BCUT2D eigenvalue weighted by Gasteiger charge is 2.48. The summed E-state index contributed by atoms with van der Waals surface area (Å²) in [7, 11) is 0. The molecule has 2 bridgehead atoms. The minimum Gasteiger partial charge on any atom is -0.273 e. The normalized spacial score (nSPS) is 30.9. The van der Waals surface area contributed by atoms with Gasteiger partial charge in [0.1, 0.15) is 5.69 Å². The topological polar surface area (TPSA) is 25.2 Å². The molecule has 0 amide bonds. The molecule has 0 N–H and O–H groups in total. The molecule has 1 heterocycles. The lowest BCUT2D eigenvalue weighted by Gasteiger charge is -2.34. The van der Waals surface area contributed by atoms with Crippen LogP contribution in [0.5, 0.6) is 0 Å². The zero-order valence-electron chi connectivity index (χ0n) is 12.7. The first-order valence-electron chi connectivity index (χ1n) is 7.76. The van der Waals surface area contributed by atoms with Crippen LogP contribution in [-0.4, -0.2) is 11.7 Å². The lowest BCUT2D eigenvalue weighted by Crippen LogP contribution is -2.25. The highest BCUT2D eigenvalue weighted by molar-refractivity contribution is 5.33. The maximum Gasteiger partial charge on any atom is 0.113 e. The second-order valence-electron chi connectivity index (χ2n) is 6.59. The van der Waals surface area contributed by atoms with Crippen LogP contribution in [0.1, 0.15) is 49.9 Å². The largest absolute Gasteiger partial charge is 0.273 e. The van der Waals surface area contributed by atoms with E-state index in [1.54, 1.807) is 0 Å². The molecule has 0 radical (unpaired) electrons. The molecule has 0 aromatic carbocycles. The van der Waals surface area contributed by atoms with Crippen molar-refractivity contribution in [2.45, 2.75) is 45.4 Å². The summed E-state index contributed by atoms with van der Waals surface area (Å²) in [5, 5.41) is 0. The van der Waals surface area contributed by atoms with Gasteiger partial charge in [-0.25, -0.2) is 4.98 Å². The summed E-state index contributed by atoms with van der Waals surface area (Å²) in [5.41, 5.74) is 2.43. The van der Waals surface area contributed by atoms with E-state index in [0.717, 1.165) is 11.4 Å². The van der Waals surface area contributed by atoms with Gasteiger partial charge in [-0.2, -0.15) is 0 Å². The monoisotopic (exact) mass is 278 g/mol. The molecule has 0 aliphatic heterocycles. The maximum atomic E-state index is 4.49. The van der Waals surface area contributed by atoms with Crippen molar-refractivity contribution in [1.29, 1.82) is 0 Å². The van der Waals surface area contributed by atoms with E-state index in [9.17, 15) is 0 Å². The minimum atomic E-state index is 0.190. The first-order valence-corrected chi connectivity index (χ1v) is 7.76. The summed E-state index contributed by atoms with van der Waals surface area (Å²) in [6.45, 7) is 5.56. The predicted octanol–water partition coefficient (Wildman–Crippen LogP) is 4.30. The molecule has 1 aromatic rings. The predicted molar refractivity (Wildman–Crippen MR) is 87.1 cm³/mol. The van der Waals surface area contributed by atoms with Crippen LogP contribution < -0.4 is 0 Å². The summed E-state index contributed by atoms with van der Waals surface area (Å²) < 4.78 is 0. The van der Waals surface area contributed by atoms with Crippen LogP contribution in [0.4, 0.5) is 0 Å². The van der Waals surface area contributed by atoms with Gasteiger partial charge in [0, 0.05) is 17.3 Å². The Morgan fingerprint density at radius 1 is 1.29 bits per heavy atom. The van der Waals surface area contributed by atoms with Gasteiger partial charge in [-0.05, 0) is 69.2 Å². The summed E-state index contributed by atoms with van der Waals surface area (Å²) in [6.07, 6.45) is 11.5. The SMILES string of the molecule is C=N/C=C/C12CCCC(C#Cc3cccc(C)n3)(CC1)C2. The fraction of sp³-hybridized carbons (Fsp3) is 0.474. The number of aliphatic imine (C=N–C) groups is 1. The number of rotatable bonds is 2. The minimum absolute atomic E-state index is 0.190. The number of nitrogens with zero attached hydrogens (tertiary/aromatic N) is 2. The molecule has 1 aromatic heterocycles. The van der Waals surface area contributed by atoms with Gasteiger partial charge < -0.3 is 0 Å². The molecule has 108 valence electrons. The Hall–Kier alpha value is -1.88. The van der Waals surface area contributed by atoms with E-state index in [1.807, 2.05) is 31.3 Å². The Labute approximate surface area is 127 Å². The van der Waals surface area contributed by atoms with Crippen molar-refractivity contribution >= 4 is 6.72 Å². The maximum absolute atomic E-state index is 4.49. The molecule has 2 heteroatoms. The number of hydrogen-bond acceptors (Lipinski definition) is 2. The first kappa shape index (κ1) is 14.1. The fourth-order valence-electron chi connectivity index (χ4n) is 3.96. The highest BCUT2D eigenvalue weighted by Crippen LogP contribution is 2.59. The molecule has 2 unspecified atom stereocenters. The van der Waals surface area contributed by atoms with Crippen LogP contribution in [-0.2, 0) is 0 Å². The lowest BCUT2D eigenvalue weighted by molar-refractivity contribution is 0.230. The van der Waals surface area contributed by atoms with Gasteiger partial charge in [0.2, 0.25) is 0 Å². The van der Waals surface area contributed by atoms with Crippen molar-refractivity contribution in [3.05, 3.63) is 41.9 Å². The molecule has 0 spiro atoms. The molecule has 2 saturated carbocycles. The van der Waals surface area contributed by atoms with Crippen molar-refractivity contribution in [3.8, 4) is 11.8 Å². The second kappa shape index (κ2) is 5.48. The third kappa shape index (κ3) is 2.93. The van der Waals surface area contributed by atoms with Gasteiger partial charge in [-0.15, -0.1) is 0 Å². The van der Waals surface area contributed by atoms with Crippen LogP contribution in [0.2, 0.25) is 0 Å². The van der Waals surface area contributed by atoms with Crippen LogP contribution >= 0.6 is 0 Å². The molecular weight excluding hydrogens is 256 g/mol. The first-order chi connectivity index (χ1) is 10.2. The third-order valence-electron chi connectivity index (χ3n) is 5.00. The van der Waals surface area contributed by atoms with Gasteiger partial charge in [-0.1, -0.05) is 24.5 Å². The summed E-state index contributed by atoms with van der Waals surface area (Å²) in [6, 6.07) is 6.04. The zero-order chi connectivity index (χ0) is 14.8.